The lowest BCUT2D eigenvalue weighted by Crippen LogP contribution is -2.36. The van der Waals surface area contributed by atoms with Gasteiger partial charge in [0, 0.05) is 13.1 Å². The van der Waals surface area contributed by atoms with Crippen molar-refractivity contribution in [3.8, 4) is 0 Å². The van der Waals surface area contributed by atoms with E-state index in [1.165, 1.54) is 6.92 Å². The fourth-order valence-electron chi connectivity index (χ4n) is 1.17. The Hall–Kier alpha value is -1.52. The summed E-state index contributed by atoms with van der Waals surface area (Å²) in [5, 5.41) is 12.1. The number of aliphatic imine (C=N–C) groups is 1. The third-order valence-corrected chi connectivity index (χ3v) is 1.74. The topological polar surface area (TPSA) is 87.7 Å². The van der Waals surface area contributed by atoms with E-state index in [0.717, 1.165) is 13.0 Å². The van der Waals surface area contributed by atoms with E-state index in [4.69, 9.17) is 5.73 Å². The van der Waals surface area contributed by atoms with Gasteiger partial charge in [0.05, 0.1) is 0 Å². The largest absolute Gasteiger partial charge is 0.512 e. The minimum absolute atomic E-state index is 0.0831. The van der Waals surface area contributed by atoms with Gasteiger partial charge < -0.3 is 16.2 Å². The van der Waals surface area contributed by atoms with Crippen LogP contribution in [0.4, 0.5) is 0 Å². The van der Waals surface area contributed by atoms with Gasteiger partial charge in [-0.1, -0.05) is 0 Å². The lowest BCUT2D eigenvalue weighted by Gasteiger charge is -2.15. The van der Waals surface area contributed by atoms with Crippen LogP contribution >= 0.6 is 0 Å². The molecule has 0 aromatic carbocycles. The number of nitrogens with two attached hydrogens (primary N) is 1. The number of nitrogens with one attached hydrogen (secondary N) is 1. The molecule has 0 aromatic rings. The number of hydrogen-bond donors (Lipinski definition) is 3. The molecule has 0 saturated carbocycles. The van der Waals surface area contributed by atoms with Gasteiger partial charge in [0.1, 0.15) is 17.2 Å². The van der Waals surface area contributed by atoms with Gasteiger partial charge in [0.15, 0.2) is 0 Å². The molecular formula is C8H13N3O2. The predicted octanol–water partition coefficient (Wildman–Crippen LogP) is -0.304. The average Bonchev–Trinajstić information content (AvgIpc) is 2.04. The number of carbonyl (C=O) groups excluding carboxylic acids is 1. The number of aliphatic hydroxyl groups is 1. The van der Waals surface area contributed by atoms with E-state index in [2.05, 4.69) is 10.3 Å². The lowest BCUT2D eigenvalue weighted by atomic mass is 10.1. The average molecular weight is 183 g/mol. The predicted molar refractivity (Wildman–Crippen MR) is 49.4 cm³/mol. The molecule has 1 aliphatic rings. The summed E-state index contributed by atoms with van der Waals surface area (Å²) in [4.78, 5) is 15.0. The Bertz CT molecular complexity index is 277. The first kappa shape index (κ1) is 9.57. The highest BCUT2D eigenvalue weighted by atomic mass is 16.3. The summed E-state index contributed by atoms with van der Waals surface area (Å²) in [7, 11) is 0. The normalized spacial score (nSPS) is 18.4. The van der Waals surface area contributed by atoms with Gasteiger partial charge in [0.2, 0.25) is 0 Å². The Morgan fingerprint density at radius 2 is 2.38 bits per heavy atom. The highest BCUT2D eigenvalue weighted by Crippen LogP contribution is 2.04. The van der Waals surface area contributed by atoms with Crippen molar-refractivity contribution in [1.82, 2.24) is 5.32 Å². The second-order valence-corrected chi connectivity index (χ2v) is 2.84. The molecule has 0 aromatic heterocycles. The van der Waals surface area contributed by atoms with E-state index in [1.807, 2.05) is 0 Å². The monoisotopic (exact) mass is 183 g/mol. The molecule has 0 saturated heterocycles. The van der Waals surface area contributed by atoms with Crippen LogP contribution in [-0.2, 0) is 4.79 Å². The molecule has 1 heterocycles. The molecule has 0 bridgehead atoms. The Morgan fingerprint density at radius 1 is 1.69 bits per heavy atom. The van der Waals surface area contributed by atoms with Crippen molar-refractivity contribution in [1.29, 1.82) is 0 Å². The van der Waals surface area contributed by atoms with Crippen molar-refractivity contribution < 1.29 is 9.90 Å². The maximum atomic E-state index is 10.9. The minimum Gasteiger partial charge on any atom is -0.512 e. The van der Waals surface area contributed by atoms with Crippen LogP contribution in [0, 0.1) is 0 Å². The van der Waals surface area contributed by atoms with Gasteiger partial charge in [-0.2, -0.15) is 0 Å². The zero-order valence-corrected chi connectivity index (χ0v) is 7.50. The first-order chi connectivity index (χ1) is 6.13. The first-order valence-electron chi connectivity index (χ1n) is 4.11. The highest BCUT2D eigenvalue weighted by molar-refractivity contribution is 6.20. The van der Waals surface area contributed by atoms with Crippen LogP contribution in [0.15, 0.2) is 16.3 Å². The lowest BCUT2D eigenvalue weighted by molar-refractivity contribution is -0.114. The molecule has 0 atom stereocenters. The maximum Gasteiger partial charge on any atom is 0.255 e. The Labute approximate surface area is 76.3 Å². The molecule has 0 radical (unpaired) electrons. The molecule has 5 heteroatoms. The summed E-state index contributed by atoms with van der Waals surface area (Å²) in [6.45, 7) is 2.83. The van der Waals surface area contributed by atoms with Crippen molar-refractivity contribution in [2.45, 2.75) is 13.3 Å². The Kier molecular flexibility index (Phi) is 2.89. The summed E-state index contributed by atoms with van der Waals surface area (Å²) < 4.78 is 0. The number of nitrogens with zero attached hydrogens (tertiary/aromatic N) is 1. The molecule has 0 unspecified atom stereocenters. The van der Waals surface area contributed by atoms with Crippen molar-refractivity contribution in [2.24, 2.45) is 10.7 Å². The molecular weight excluding hydrogens is 170 g/mol. The fraction of sp³-hybridized carbons (Fsp3) is 0.500. The third kappa shape index (κ3) is 2.21. The zero-order valence-electron chi connectivity index (χ0n) is 7.50. The molecule has 4 N–H and O–H groups in total. The summed E-state index contributed by atoms with van der Waals surface area (Å²) in [6.07, 6.45) is 0.931. The fourth-order valence-corrected chi connectivity index (χ4v) is 1.17. The number of amidine groups is 1. The van der Waals surface area contributed by atoms with Gasteiger partial charge in [-0.3, -0.25) is 9.79 Å². The number of aliphatic hydroxyl groups excluding tert-OH is 1. The van der Waals surface area contributed by atoms with Crippen LogP contribution in [-0.4, -0.2) is 29.9 Å². The smallest absolute Gasteiger partial charge is 0.255 e. The van der Waals surface area contributed by atoms with Gasteiger partial charge in [0.25, 0.3) is 5.91 Å². The van der Waals surface area contributed by atoms with Gasteiger partial charge >= 0.3 is 0 Å². The third-order valence-electron chi connectivity index (χ3n) is 1.74. The van der Waals surface area contributed by atoms with Crippen molar-refractivity contribution in [3.05, 3.63) is 11.3 Å². The van der Waals surface area contributed by atoms with Crippen LogP contribution in [0.25, 0.3) is 0 Å². The Balaban J connectivity index is 2.95. The second kappa shape index (κ2) is 3.93. The van der Waals surface area contributed by atoms with E-state index in [9.17, 15) is 9.90 Å². The van der Waals surface area contributed by atoms with E-state index in [1.54, 1.807) is 0 Å². The number of allylic oxidation sites excluding steroid dienone is 1. The van der Waals surface area contributed by atoms with Crippen LogP contribution < -0.4 is 11.1 Å². The highest BCUT2D eigenvalue weighted by Gasteiger charge is 2.17. The number of amides is 1. The van der Waals surface area contributed by atoms with E-state index in [0.29, 0.717) is 12.4 Å². The molecule has 5 nitrogen and oxygen atoms in total. The summed E-state index contributed by atoms with van der Waals surface area (Å²) in [6, 6.07) is 0. The molecule has 0 aliphatic carbocycles. The van der Waals surface area contributed by atoms with E-state index >= 15 is 0 Å². The first-order valence-corrected chi connectivity index (χ1v) is 4.11. The summed E-state index contributed by atoms with van der Waals surface area (Å²) in [5.74, 6) is -0.354. The maximum absolute atomic E-state index is 10.9. The molecule has 1 aliphatic heterocycles. The standard InChI is InChI=1S/C8H13N3O2/c1-5(12)6(7(9)13)8-10-3-2-4-11-8/h12H,2-4H2,1H3,(H2,9,13)(H,10,11)/b6-5+. The molecule has 72 valence electrons. The van der Waals surface area contributed by atoms with Crippen molar-refractivity contribution >= 4 is 11.7 Å². The molecule has 0 fully saturated rings. The van der Waals surface area contributed by atoms with Crippen molar-refractivity contribution in [2.75, 3.05) is 13.1 Å². The van der Waals surface area contributed by atoms with Gasteiger partial charge in [-0.25, -0.2) is 0 Å². The van der Waals surface area contributed by atoms with Crippen LogP contribution in [0.3, 0.4) is 0 Å². The van der Waals surface area contributed by atoms with Gasteiger partial charge in [-0.05, 0) is 13.3 Å². The quantitative estimate of drug-likeness (QED) is 0.405. The molecule has 13 heavy (non-hydrogen) atoms. The number of hydrogen-bond acceptors (Lipinski definition) is 4. The second-order valence-electron chi connectivity index (χ2n) is 2.84. The number of primary amides is 1. The van der Waals surface area contributed by atoms with Crippen LogP contribution in [0.5, 0.6) is 0 Å². The number of carbonyl (C=O) groups is 1. The van der Waals surface area contributed by atoms with Crippen molar-refractivity contribution in [3.63, 3.8) is 0 Å². The Morgan fingerprint density at radius 3 is 2.77 bits per heavy atom. The van der Waals surface area contributed by atoms with Crippen LogP contribution in [0.2, 0.25) is 0 Å². The summed E-state index contributed by atoms with van der Waals surface area (Å²) >= 11 is 0. The molecule has 1 amide bonds. The molecule has 1 rings (SSSR count). The van der Waals surface area contributed by atoms with Gasteiger partial charge in [-0.15, -0.1) is 0 Å². The van der Waals surface area contributed by atoms with E-state index in [-0.39, 0.29) is 11.3 Å². The van der Waals surface area contributed by atoms with E-state index < -0.39 is 5.91 Å². The SMILES string of the molecule is C/C(O)=C(/C(N)=O)C1=NCCCN1. The van der Waals surface area contributed by atoms with Crippen LogP contribution in [0.1, 0.15) is 13.3 Å². The minimum atomic E-state index is -0.659. The zero-order chi connectivity index (χ0) is 9.84. The summed E-state index contributed by atoms with van der Waals surface area (Å²) in [5.41, 5.74) is 5.17. The number of rotatable bonds is 2. The molecule has 0 spiro atoms.